The van der Waals surface area contributed by atoms with E-state index >= 15 is 0 Å². The smallest absolute Gasteiger partial charge is 1.00 e. The van der Waals surface area contributed by atoms with Gasteiger partial charge in [0.05, 0.1) is 69.4 Å². The Morgan fingerprint density at radius 1 is 0.490 bits per heavy atom. The number of likely N-dealkylation sites (tertiary alicyclic amines) is 3. The fraction of sp³-hybridized carbons (Fsp3) is 0.569. The fourth-order valence-electron chi connectivity index (χ4n) is 10.9. The van der Waals surface area contributed by atoms with Gasteiger partial charge in [-0.2, -0.15) is 0 Å². The van der Waals surface area contributed by atoms with Gasteiger partial charge in [-0.25, -0.2) is 28.8 Å². The minimum absolute atomic E-state index is 0. The second-order valence-corrected chi connectivity index (χ2v) is 44.0. The van der Waals surface area contributed by atoms with Gasteiger partial charge in [0.2, 0.25) is 0 Å². The molecule has 6 rings (SSSR count). The second kappa shape index (κ2) is 37.3. The summed E-state index contributed by atoms with van der Waals surface area (Å²) < 4.78 is 50.7. The van der Waals surface area contributed by atoms with Gasteiger partial charge in [0.15, 0.2) is 30.7 Å². The first kappa shape index (κ1) is 88.4. The quantitative estimate of drug-likeness (QED) is 0.0367. The first-order chi connectivity index (χ1) is 44.7. The third-order valence-corrected chi connectivity index (χ3v) is 33.6. The molecule has 3 aromatic rings. The zero-order valence-electron chi connectivity index (χ0n) is 62.7. The van der Waals surface area contributed by atoms with Crippen molar-refractivity contribution in [1.82, 2.24) is 14.7 Å². The van der Waals surface area contributed by atoms with Gasteiger partial charge < -0.3 is 53.3 Å². The van der Waals surface area contributed by atoms with Crippen LogP contribution >= 0.6 is 0 Å². The van der Waals surface area contributed by atoms with Crippen molar-refractivity contribution in [3.8, 4) is 0 Å². The monoisotopic (exact) mass is 1420 g/mol. The van der Waals surface area contributed by atoms with E-state index in [-0.39, 0.29) is 139 Å². The molecule has 0 spiro atoms. The van der Waals surface area contributed by atoms with Crippen LogP contribution in [0.15, 0.2) is 129 Å². The molecule has 3 fully saturated rings. The van der Waals surface area contributed by atoms with E-state index in [0.717, 1.165) is 21.6 Å². The number of benzene rings is 3. The van der Waals surface area contributed by atoms with Gasteiger partial charge in [0.1, 0.15) is 37.9 Å². The molecule has 0 saturated carbocycles. The third kappa shape index (κ3) is 21.4. The standard InChI is InChI=1S/2C24H37NO6Si.C24H35NO6Si.B.Na.H/c3*1-8-14-24(17-31-32(6,7)23(2,3)4)19(26)15-25(20(24)21(27)29-5)22(28)30-16-18-12-10-9-11-13-18;;;/h2*8-13,19-20,26H,1,14-17H2,2-7H3;8-13,20H,1,14-17H2,2-7H3;;;/q;;;;+1;-1/t19-,20+,24-;19-,20-,24+;20-,24+;;;/m011.../s1. The Bertz CT molecular complexity index is 3000. The van der Waals surface area contributed by atoms with Crippen molar-refractivity contribution in [3.05, 3.63) is 146 Å². The number of aliphatic hydroxyl groups is 2. The van der Waals surface area contributed by atoms with Crippen LogP contribution in [0, 0.1) is 16.2 Å². The molecular weight excluding hydrogens is 1310 g/mol. The normalized spacial score (nSPS) is 22.4. The summed E-state index contributed by atoms with van der Waals surface area (Å²) in [6, 6.07) is 24.5. The Hall–Kier alpha value is -5.71. The number of amides is 3. The number of carbonyl (C=O) groups excluding carboxylic acids is 7. The van der Waals surface area contributed by atoms with E-state index < -0.39 is 108 Å². The van der Waals surface area contributed by atoms with Crippen molar-refractivity contribution in [3.63, 3.8) is 0 Å². The van der Waals surface area contributed by atoms with E-state index in [1.165, 1.54) is 31.1 Å². The number of Topliss-reactive ketones (excluding diaryl/α,β-unsaturated/α-hetero) is 1. The maximum atomic E-state index is 13.3. The van der Waals surface area contributed by atoms with Crippen molar-refractivity contribution in [2.24, 2.45) is 16.2 Å². The summed E-state index contributed by atoms with van der Waals surface area (Å²) >= 11 is 0. The van der Waals surface area contributed by atoms with Gasteiger partial charge in [0, 0.05) is 28.2 Å². The fourth-order valence-corrected chi connectivity index (χ4v) is 14.1. The maximum absolute atomic E-state index is 13.3. The van der Waals surface area contributed by atoms with E-state index in [4.69, 9.17) is 41.7 Å². The van der Waals surface area contributed by atoms with Crippen molar-refractivity contribution in [2.75, 3.05) is 60.8 Å². The number of nitrogens with zero attached hydrogens (tertiary/aromatic N) is 3. The number of esters is 3. The topological polar surface area (TPSA) is 253 Å². The predicted molar refractivity (Wildman–Crippen MR) is 382 cm³/mol. The molecule has 3 amide bonds. The van der Waals surface area contributed by atoms with Gasteiger partial charge in [-0.1, -0.05) is 172 Å². The van der Waals surface area contributed by atoms with E-state index in [0.29, 0.717) is 0 Å². The van der Waals surface area contributed by atoms with Crippen LogP contribution in [0.1, 0.15) is 99.7 Å². The van der Waals surface area contributed by atoms with Crippen LogP contribution in [-0.2, 0) is 80.7 Å². The molecule has 3 aliphatic rings. The molecule has 8 atom stereocenters. The minimum Gasteiger partial charge on any atom is -1.00 e. The molecule has 0 aliphatic carbocycles. The van der Waals surface area contributed by atoms with Crippen LogP contribution in [0.5, 0.6) is 0 Å². The number of allylic oxidation sites excluding steroid dienone is 3. The summed E-state index contributed by atoms with van der Waals surface area (Å²) in [5.74, 6) is -2.16. The van der Waals surface area contributed by atoms with Crippen molar-refractivity contribution in [1.29, 1.82) is 0 Å². The van der Waals surface area contributed by atoms with Crippen molar-refractivity contribution < 1.29 is 116 Å². The van der Waals surface area contributed by atoms with Gasteiger partial charge in [-0.3, -0.25) is 19.5 Å². The summed E-state index contributed by atoms with van der Waals surface area (Å²) in [7, 11) is -2.84. The number of rotatable bonds is 24. The number of hydrogen-bond donors (Lipinski definition) is 2. The Labute approximate surface area is 611 Å². The maximum Gasteiger partial charge on any atom is 1.00 e. The average molecular weight is 1420 g/mol. The number of ketones is 1. The number of aliphatic hydroxyl groups excluding tert-OH is 2. The van der Waals surface area contributed by atoms with Crippen LogP contribution < -0.4 is 29.6 Å². The molecule has 0 bridgehead atoms. The van der Waals surface area contributed by atoms with Crippen molar-refractivity contribution in [2.45, 2.75) is 186 Å². The average Bonchev–Trinajstić information content (AvgIpc) is 1.62. The summed E-state index contributed by atoms with van der Waals surface area (Å²) in [6.07, 6.45) is 1.52. The van der Waals surface area contributed by atoms with Crippen LogP contribution in [0.3, 0.4) is 0 Å². The number of methoxy groups -OCH3 is 3. The van der Waals surface area contributed by atoms with Crippen LogP contribution in [0.4, 0.5) is 14.4 Å². The summed E-state index contributed by atoms with van der Waals surface area (Å²) in [4.78, 5) is 94.5. The van der Waals surface area contributed by atoms with Crippen molar-refractivity contribution >= 4 is 75.3 Å². The Morgan fingerprint density at radius 2 is 0.765 bits per heavy atom. The van der Waals surface area contributed by atoms with Gasteiger partial charge >= 0.3 is 65.7 Å². The van der Waals surface area contributed by atoms with Gasteiger partial charge in [-0.05, 0) is 90.3 Å². The molecule has 0 aromatic heterocycles. The molecule has 26 heteroatoms. The van der Waals surface area contributed by atoms with Crippen LogP contribution in [-0.4, -0.2) is 191 Å². The van der Waals surface area contributed by atoms with Gasteiger partial charge in [-0.15, -0.1) is 19.7 Å². The van der Waals surface area contributed by atoms with Gasteiger partial charge in [0.25, 0.3) is 0 Å². The molecule has 3 radical (unpaired) electrons. The summed E-state index contributed by atoms with van der Waals surface area (Å²) in [5.41, 5.74) is -0.954. The first-order valence-corrected chi connectivity index (χ1v) is 41.2. The number of β-amino-alcohol motifs (C(OH)–C–C–N with tert-alkyl or cyclic N) is 2. The molecular formula is C72H110BN3NaO18Si3. The third-order valence-electron chi connectivity index (χ3n) is 20.1. The molecule has 3 saturated heterocycles. The molecule has 21 nitrogen and oxygen atoms in total. The van der Waals surface area contributed by atoms with Crippen LogP contribution in [0.2, 0.25) is 54.4 Å². The first-order valence-electron chi connectivity index (χ1n) is 32.5. The predicted octanol–water partition coefficient (Wildman–Crippen LogP) is 9.32. The molecule has 2 N–H and O–H groups in total. The van der Waals surface area contributed by atoms with E-state index in [9.17, 15) is 43.8 Å². The number of hydrogen-bond acceptors (Lipinski definition) is 18. The Kier molecular flexibility index (Phi) is 33.6. The molecule has 0 unspecified atom stereocenters. The molecule has 3 aliphatic heterocycles. The molecule has 98 heavy (non-hydrogen) atoms. The van der Waals surface area contributed by atoms with E-state index in [2.05, 4.69) is 121 Å². The SMILES string of the molecule is C=CC[C@]1(CO[Si](C)(C)C(C)(C)C)C(=O)CN(C(=O)OCc2ccccc2)[C@@H]1C(=O)OC.C=CC[C@]1(CO[Si](C)(C)C(C)(C)C)[C@@H](O)CN(C(=O)OCc2ccccc2)[C@@H]1C(=O)OC.C=CC[C@]1(CO[Si](C)(C)C(C)(C)C)[C@H](O)CN(C(=O)OCc2ccccc2)[C@@H]1C(=O)OC.[B].[H-].[Na+]. The Morgan fingerprint density at radius 3 is 1.04 bits per heavy atom. The van der Waals surface area contributed by atoms with Crippen LogP contribution in [0.25, 0.3) is 0 Å². The largest absolute Gasteiger partial charge is 1.00 e. The Balaban J connectivity index is 0.000000731. The van der Waals surface area contributed by atoms with E-state index in [1.807, 2.05) is 91.0 Å². The number of ether oxygens (including phenoxy) is 6. The number of carbonyl (C=O) groups is 7. The second-order valence-electron chi connectivity index (χ2n) is 29.5. The summed E-state index contributed by atoms with van der Waals surface area (Å²) in [6.45, 7) is 43.1. The zero-order chi connectivity index (χ0) is 72.5. The molecule has 3 heterocycles. The molecule has 3 aromatic carbocycles. The summed E-state index contributed by atoms with van der Waals surface area (Å²) in [5, 5.41) is 22.0. The zero-order valence-corrected chi connectivity index (χ0v) is 66.7. The molecule has 537 valence electrons. The van der Waals surface area contributed by atoms with E-state index in [1.54, 1.807) is 18.2 Å². The minimum atomic E-state index is -2.23.